The summed E-state index contributed by atoms with van der Waals surface area (Å²) < 4.78 is 1.94. The highest BCUT2D eigenvalue weighted by Crippen LogP contribution is 2.15. The van der Waals surface area contributed by atoms with Crippen LogP contribution in [0.5, 0.6) is 0 Å². The van der Waals surface area contributed by atoms with Gasteiger partial charge in [0.15, 0.2) is 0 Å². The minimum Gasteiger partial charge on any atom is -0.330 e. The van der Waals surface area contributed by atoms with E-state index in [1.807, 2.05) is 35.0 Å². The molecule has 2 N–H and O–H groups in total. The molecule has 0 amide bonds. The highest BCUT2D eigenvalue weighted by Gasteiger charge is 2.06. The Hall–Kier alpha value is -2.20. The molecule has 96 valence electrons. The van der Waals surface area contributed by atoms with Crippen LogP contribution in [0, 0.1) is 0 Å². The van der Waals surface area contributed by atoms with Crippen molar-refractivity contribution in [2.75, 3.05) is 6.54 Å². The summed E-state index contributed by atoms with van der Waals surface area (Å²) >= 11 is 0. The Morgan fingerprint density at radius 2 is 1.68 bits per heavy atom. The van der Waals surface area contributed by atoms with Crippen LogP contribution in [0.1, 0.15) is 11.1 Å². The average molecular weight is 252 g/mol. The summed E-state index contributed by atoms with van der Waals surface area (Å²) in [6.07, 6.45) is 0.892. The van der Waals surface area contributed by atoms with Gasteiger partial charge in [0, 0.05) is 0 Å². The van der Waals surface area contributed by atoms with Crippen molar-refractivity contribution in [3.8, 4) is 0 Å². The highest BCUT2D eigenvalue weighted by molar-refractivity contribution is 5.73. The molecule has 0 saturated heterocycles. The molecule has 0 fully saturated rings. The van der Waals surface area contributed by atoms with Gasteiger partial charge in [-0.15, -0.1) is 5.10 Å². The van der Waals surface area contributed by atoms with E-state index < -0.39 is 0 Å². The van der Waals surface area contributed by atoms with Crippen LogP contribution < -0.4 is 5.73 Å². The number of hydrogen-bond donors (Lipinski definition) is 1. The van der Waals surface area contributed by atoms with Crippen molar-refractivity contribution in [3.05, 3.63) is 59.7 Å². The Balaban J connectivity index is 1.97. The van der Waals surface area contributed by atoms with Gasteiger partial charge in [0.2, 0.25) is 0 Å². The molecule has 4 heteroatoms. The Kier molecular flexibility index (Phi) is 3.25. The first kappa shape index (κ1) is 11.9. The zero-order valence-electron chi connectivity index (χ0n) is 10.7. The third kappa shape index (κ3) is 2.35. The Morgan fingerprint density at radius 3 is 2.53 bits per heavy atom. The molecule has 2 aromatic carbocycles. The molecule has 0 aliphatic carbocycles. The molecule has 0 atom stereocenters. The maximum absolute atomic E-state index is 5.66. The molecule has 0 bridgehead atoms. The summed E-state index contributed by atoms with van der Waals surface area (Å²) in [5, 5.41) is 8.41. The van der Waals surface area contributed by atoms with Crippen molar-refractivity contribution in [2.45, 2.75) is 13.0 Å². The van der Waals surface area contributed by atoms with Crippen LogP contribution in [0.4, 0.5) is 0 Å². The summed E-state index contributed by atoms with van der Waals surface area (Å²) in [5.74, 6) is 0. The second-order valence-electron chi connectivity index (χ2n) is 4.54. The molecule has 0 unspecified atom stereocenters. The third-order valence-corrected chi connectivity index (χ3v) is 3.27. The minimum absolute atomic E-state index is 0.662. The van der Waals surface area contributed by atoms with E-state index in [1.54, 1.807) is 0 Å². The van der Waals surface area contributed by atoms with E-state index >= 15 is 0 Å². The van der Waals surface area contributed by atoms with Gasteiger partial charge in [0.25, 0.3) is 0 Å². The van der Waals surface area contributed by atoms with Crippen molar-refractivity contribution in [1.29, 1.82) is 0 Å². The smallest absolute Gasteiger partial charge is 0.113 e. The molecule has 0 saturated carbocycles. The van der Waals surface area contributed by atoms with E-state index in [9.17, 15) is 0 Å². The first-order chi connectivity index (χ1) is 9.38. The van der Waals surface area contributed by atoms with Gasteiger partial charge >= 0.3 is 0 Å². The molecular formula is C15H16N4. The van der Waals surface area contributed by atoms with E-state index in [4.69, 9.17) is 5.73 Å². The van der Waals surface area contributed by atoms with Crippen LogP contribution in [-0.4, -0.2) is 21.5 Å². The summed E-state index contributed by atoms with van der Waals surface area (Å²) in [6.45, 7) is 1.39. The van der Waals surface area contributed by atoms with Crippen molar-refractivity contribution in [2.24, 2.45) is 5.73 Å². The molecule has 0 spiro atoms. The van der Waals surface area contributed by atoms with E-state index in [1.165, 1.54) is 11.1 Å². The van der Waals surface area contributed by atoms with E-state index in [2.05, 4.69) is 28.5 Å². The van der Waals surface area contributed by atoms with Crippen LogP contribution >= 0.6 is 0 Å². The Bertz CT molecular complexity index is 687. The standard InChI is InChI=1S/C15H16N4/c16-10-9-12-5-1-2-6-13(12)11-19-15-8-4-3-7-14(15)17-18-19/h1-8H,9-11,16H2. The highest BCUT2D eigenvalue weighted by atomic mass is 15.4. The number of nitrogens with two attached hydrogens (primary N) is 1. The summed E-state index contributed by atoms with van der Waals surface area (Å²) in [5.41, 5.74) is 10.2. The molecule has 19 heavy (non-hydrogen) atoms. The van der Waals surface area contributed by atoms with Gasteiger partial charge in [-0.3, -0.25) is 0 Å². The van der Waals surface area contributed by atoms with Gasteiger partial charge < -0.3 is 5.73 Å². The zero-order valence-corrected chi connectivity index (χ0v) is 10.7. The topological polar surface area (TPSA) is 56.7 Å². The fourth-order valence-electron chi connectivity index (χ4n) is 2.31. The molecule has 0 aliphatic heterocycles. The fraction of sp³-hybridized carbons (Fsp3) is 0.200. The average Bonchev–Trinajstić information content (AvgIpc) is 2.85. The van der Waals surface area contributed by atoms with Gasteiger partial charge in [-0.1, -0.05) is 41.6 Å². The second-order valence-corrected chi connectivity index (χ2v) is 4.54. The van der Waals surface area contributed by atoms with Gasteiger partial charge in [-0.2, -0.15) is 0 Å². The first-order valence-corrected chi connectivity index (χ1v) is 6.43. The molecule has 1 heterocycles. The van der Waals surface area contributed by atoms with E-state index in [-0.39, 0.29) is 0 Å². The SMILES string of the molecule is NCCc1ccccc1Cn1nnc2ccccc21. The number of rotatable bonds is 4. The maximum Gasteiger partial charge on any atom is 0.113 e. The number of hydrogen-bond acceptors (Lipinski definition) is 3. The van der Waals surface area contributed by atoms with Crippen molar-refractivity contribution < 1.29 is 0 Å². The van der Waals surface area contributed by atoms with E-state index in [0.717, 1.165) is 24.0 Å². The Labute approximate surface area is 111 Å². The summed E-state index contributed by atoms with van der Waals surface area (Å²) in [6, 6.07) is 16.4. The predicted molar refractivity (Wildman–Crippen MR) is 75.8 cm³/mol. The molecule has 1 aromatic heterocycles. The molecule has 4 nitrogen and oxygen atoms in total. The largest absolute Gasteiger partial charge is 0.330 e. The summed E-state index contributed by atoms with van der Waals surface area (Å²) in [7, 11) is 0. The lowest BCUT2D eigenvalue weighted by atomic mass is 10.0. The van der Waals surface area contributed by atoms with Crippen LogP contribution in [-0.2, 0) is 13.0 Å². The molecule has 0 aliphatic rings. The van der Waals surface area contributed by atoms with E-state index in [0.29, 0.717) is 6.54 Å². The van der Waals surface area contributed by atoms with Gasteiger partial charge in [-0.25, -0.2) is 4.68 Å². The lowest BCUT2D eigenvalue weighted by Gasteiger charge is -2.08. The molecule has 0 radical (unpaired) electrons. The molecule has 3 rings (SSSR count). The van der Waals surface area contributed by atoms with Crippen molar-refractivity contribution in [1.82, 2.24) is 15.0 Å². The quantitative estimate of drug-likeness (QED) is 0.772. The predicted octanol–water partition coefficient (Wildman–Crippen LogP) is 1.98. The van der Waals surface area contributed by atoms with Crippen LogP contribution in [0.15, 0.2) is 48.5 Å². The third-order valence-electron chi connectivity index (χ3n) is 3.27. The lowest BCUT2D eigenvalue weighted by Crippen LogP contribution is -2.08. The second kappa shape index (κ2) is 5.20. The van der Waals surface area contributed by atoms with Crippen LogP contribution in [0.25, 0.3) is 11.0 Å². The normalized spacial score (nSPS) is 11.0. The van der Waals surface area contributed by atoms with Gasteiger partial charge in [0.05, 0.1) is 12.1 Å². The van der Waals surface area contributed by atoms with Gasteiger partial charge in [-0.05, 0) is 36.2 Å². The maximum atomic E-state index is 5.66. The lowest BCUT2D eigenvalue weighted by molar-refractivity contribution is 0.664. The number of fused-ring (bicyclic) bond motifs is 1. The first-order valence-electron chi connectivity index (χ1n) is 6.43. The monoisotopic (exact) mass is 252 g/mol. The zero-order chi connectivity index (χ0) is 13.1. The van der Waals surface area contributed by atoms with Gasteiger partial charge in [0.1, 0.15) is 5.52 Å². The fourth-order valence-corrected chi connectivity index (χ4v) is 2.31. The number of para-hydroxylation sites is 1. The van der Waals surface area contributed by atoms with Crippen LogP contribution in [0.3, 0.4) is 0 Å². The number of aromatic nitrogens is 3. The van der Waals surface area contributed by atoms with Crippen molar-refractivity contribution >= 4 is 11.0 Å². The molecular weight excluding hydrogens is 236 g/mol. The Morgan fingerprint density at radius 1 is 0.947 bits per heavy atom. The van der Waals surface area contributed by atoms with Crippen molar-refractivity contribution in [3.63, 3.8) is 0 Å². The number of nitrogens with zero attached hydrogens (tertiary/aromatic N) is 3. The minimum atomic E-state index is 0.662. The number of benzene rings is 2. The summed E-state index contributed by atoms with van der Waals surface area (Å²) in [4.78, 5) is 0. The molecule has 3 aromatic rings. The van der Waals surface area contributed by atoms with Crippen LogP contribution in [0.2, 0.25) is 0 Å².